The fourth-order valence-electron chi connectivity index (χ4n) is 2.66. The molecular weight excluding hydrogens is 326 g/mol. The van der Waals surface area contributed by atoms with E-state index in [1.165, 1.54) is 37.6 Å². The lowest BCUT2D eigenvalue weighted by atomic mass is 9.95. The standard InChI is InChI=1S/C18H13NO6/c1-24-18-15(21)7-5-12(10-20)17(18)13-9-11(16-3-2-8-25-16)4-6-14(13)19(22)23/h2-10,21H,1H3. The topological polar surface area (TPSA) is 103 Å². The summed E-state index contributed by atoms with van der Waals surface area (Å²) in [5.74, 6) is 0.285. The van der Waals surface area contributed by atoms with E-state index in [4.69, 9.17) is 9.15 Å². The number of nitrogens with zero attached hydrogens (tertiary/aromatic N) is 1. The van der Waals surface area contributed by atoms with Crippen LogP contribution >= 0.6 is 0 Å². The Bertz CT molecular complexity index is 946. The van der Waals surface area contributed by atoms with Crippen LogP contribution in [0.1, 0.15) is 10.4 Å². The van der Waals surface area contributed by atoms with E-state index in [0.29, 0.717) is 17.6 Å². The van der Waals surface area contributed by atoms with E-state index in [1.807, 2.05) is 0 Å². The summed E-state index contributed by atoms with van der Waals surface area (Å²) in [5.41, 5.74) is 0.829. The van der Waals surface area contributed by atoms with Gasteiger partial charge in [0.1, 0.15) is 5.76 Å². The molecule has 0 saturated heterocycles. The molecule has 0 bridgehead atoms. The van der Waals surface area contributed by atoms with Crippen LogP contribution in [0.3, 0.4) is 0 Å². The number of furan rings is 1. The average molecular weight is 339 g/mol. The highest BCUT2D eigenvalue weighted by Crippen LogP contribution is 2.44. The molecule has 0 spiro atoms. The van der Waals surface area contributed by atoms with Gasteiger partial charge in [-0.3, -0.25) is 14.9 Å². The number of phenolic OH excluding ortho intramolecular Hbond substituents is 1. The van der Waals surface area contributed by atoms with Crippen LogP contribution in [-0.4, -0.2) is 23.4 Å². The summed E-state index contributed by atoms with van der Waals surface area (Å²) in [6.07, 6.45) is 2.04. The number of rotatable bonds is 5. The van der Waals surface area contributed by atoms with Gasteiger partial charge in [0.05, 0.1) is 23.9 Å². The number of ether oxygens (including phenoxy) is 1. The number of nitro groups is 1. The first kappa shape index (κ1) is 16.3. The Morgan fingerprint density at radius 1 is 1.24 bits per heavy atom. The van der Waals surface area contributed by atoms with Crippen LogP contribution in [0.4, 0.5) is 5.69 Å². The third-order valence-corrected chi connectivity index (χ3v) is 3.77. The molecule has 0 aliphatic carbocycles. The fraction of sp³-hybridized carbons (Fsp3) is 0.0556. The number of nitro benzene ring substituents is 1. The van der Waals surface area contributed by atoms with Crippen LogP contribution < -0.4 is 4.74 Å². The number of aromatic hydroxyl groups is 1. The van der Waals surface area contributed by atoms with E-state index in [-0.39, 0.29) is 33.9 Å². The van der Waals surface area contributed by atoms with Crippen molar-refractivity contribution in [2.45, 2.75) is 0 Å². The Morgan fingerprint density at radius 3 is 2.64 bits per heavy atom. The van der Waals surface area contributed by atoms with Gasteiger partial charge in [0.15, 0.2) is 17.8 Å². The first-order chi connectivity index (χ1) is 12.1. The third kappa shape index (κ3) is 2.83. The maximum absolute atomic E-state index is 11.5. The summed E-state index contributed by atoms with van der Waals surface area (Å²) in [7, 11) is 1.31. The number of benzene rings is 2. The molecule has 7 heteroatoms. The molecule has 1 N–H and O–H groups in total. The number of hydrogen-bond acceptors (Lipinski definition) is 6. The van der Waals surface area contributed by atoms with Gasteiger partial charge in [-0.05, 0) is 36.4 Å². The van der Waals surface area contributed by atoms with Crippen LogP contribution in [0.2, 0.25) is 0 Å². The minimum Gasteiger partial charge on any atom is -0.504 e. The van der Waals surface area contributed by atoms with Gasteiger partial charge >= 0.3 is 0 Å². The predicted molar refractivity (Wildman–Crippen MR) is 89.8 cm³/mol. The van der Waals surface area contributed by atoms with Crippen LogP contribution in [0.15, 0.2) is 53.1 Å². The highest BCUT2D eigenvalue weighted by molar-refractivity contribution is 5.95. The molecule has 3 rings (SSSR count). The van der Waals surface area contributed by atoms with Crippen molar-refractivity contribution in [2.24, 2.45) is 0 Å². The Balaban J connectivity index is 2.36. The number of phenols is 1. The molecule has 0 amide bonds. The summed E-state index contributed by atoms with van der Waals surface area (Å²) in [5, 5.41) is 21.5. The van der Waals surface area contributed by atoms with Crippen molar-refractivity contribution in [3.05, 3.63) is 64.4 Å². The van der Waals surface area contributed by atoms with Gasteiger partial charge in [-0.1, -0.05) is 0 Å². The molecule has 0 fully saturated rings. The zero-order valence-corrected chi connectivity index (χ0v) is 13.1. The summed E-state index contributed by atoms with van der Waals surface area (Å²) < 4.78 is 10.5. The number of carbonyl (C=O) groups excluding carboxylic acids is 1. The van der Waals surface area contributed by atoms with Crippen LogP contribution in [0, 0.1) is 10.1 Å². The average Bonchev–Trinajstić information content (AvgIpc) is 3.15. The zero-order chi connectivity index (χ0) is 18.0. The molecule has 0 atom stereocenters. The van der Waals surface area contributed by atoms with Crippen LogP contribution in [0.25, 0.3) is 22.5 Å². The van der Waals surface area contributed by atoms with E-state index in [1.54, 1.807) is 18.2 Å². The summed E-state index contributed by atoms with van der Waals surface area (Å²) in [4.78, 5) is 22.4. The molecule has 0 saturated carbocycles. The molecule has 1 heterocycles. The molecule has 0 aliphatic heterocycles. The number of hydrogen-bond donors (Lipinski definition) is 1. The first-order valence-corrected chi connectivity index (χ1v) is 7.24. The largest absolute Gasteiger partial charge is 0.504 e. The number of aldehydes is 1. The van der Waals surface area contributed by atoms with Gasteiger partial charge < -0.3 is 14.3 Å². The lowest BCUT2D eigenvalue weighted by Crippen LogP contribution is -1.98. The van der Waals surface area contributed by atoms with Gasteiger partial charge in [0.25, 0.3) is 5.69 Å². The van der Waals surface area contributed by atoms with Gasteiger partial charge in [0.2, 0.25) is 0 Å². The molecule has 25 heavy (non-hydrogen) atoms. The second-order valence-corrected chi connectivity index (χ2v) is 5.17. The van der Waals surface area contributed by atoms with E-state index in [9.17, 15) is 20.0 Å². The SMILES string of the molecule is COc1c(O)ccc(C=O)c1-c1cc(-c2ccco2)ccc1[N+](=O)[O-]. The molecule has 0 radical (unpaired) electrons. The molecule has 2 aromatic carbocycles. The minimum absolute atomic E-state index is 0.00991. The normalized spacial score (nSPS) is 10.4. The smallest absolute Gasteiger partial charge is 0.277 e. The number of carbonyl (C=O) groups is 1. The summed E-state index contributed by atoms with van der Waals surface area (Å²) >= 11 is 0. The number of methoxy groups -OCH3 is 1. The molecule has 0 unspecified atom stereocenters. The molecule has 126 valence electrons. The second kappa shape index (κ2) is 6.48. The lowest BCUT2D eigenvalue weighted by molar-refractivity contribution is -0.384. The van der Waals surface area contributed by atoms with E-state index < -0.39 is 4.92 Å². The lowest BCUT2D eigenvalue weighted by Gasteiger charge is -2.13. The van der Waals surface area contributed by atoms with Gasteiger partial charge in [0, 0.05) is 22.8 Å². The minimum atomic E-state index is -0.556. The van der Waals surface area contributed by atoms with Crippen LogP contribution in [-0.2, 0) is 0 Å². The highest BCUT2D eigenvalue weighted by atomic mass is 16.6. The molecular formula is C18H13NO6. The predicted octanol–water partition coefficient (Wildman–Crippen LogP) is 4.05. The van der Waals surface area contributed by atoms with Crippen molar-refractivity contribution < 1.29 is 24.0 Å². The van der Waals surface area contributed by atoms with Crippen molar-refractivity contribution in [3.8, 4) is 33.9 Å². The second-order valence-electron chi connectivity index (χ2n) is 5.17. The van der Waals surface area contributed by atoms with E-state index in [2.05, 4.69) is 0 Å². The summed E-state index contributed by atoms with van der Waals surface area (Å²) in [6.45, 7) is 0. The van der Waals surface area contributed by atoms with Crippen molar-refractivity contribution in [1.29, 1.82) is 0 Å². The zero-order valence-electron chi connectivity index (χ0n) is 13.1. The third-order valence-electron chi connectivity index (χ3n) is 3.77. The maximum atomic E-state index is 11.5. The van der Waals surface area contributed by atoms with Crippen molar-refractivity contribution >= 4 is 12.0 Å². The Labute approximate surface area is 142 Å². The van der Waals surface area contributed by atoms with E-state index in [0.717, 1.165) is 0 Å². The van der Waals surface area contributed by atoms with Crippen molar-refractivity contribution in [2.75, 3.05) is 7.11 Å². The first-order valence-electron chi connectivity index (χ1n) is 7.24. The van der Waals surface area contributed by atoms with Gasteiger partial charge in [-0.25, -0.2) is 0 Å². The van der Waals surface area contributed by atoms with Gasteiger partial charge in [-0.15, -0.1) is 0 Å². The molecule has 0 aliphatic rings. The molecule has 1 aromatic heterocycles. The van der Waals surface area contributed by atoms with Gasteiger partial charge in [-0.2, -0.15) is 0 Å². The summed E-state index contributed by atoms with van der Waals surface area (Å²) in [6, 6.07) is 10.5. The fourth-order valence-corrected chi connectivity index (χ4v) is 2.66. The maximum Gasteiger partial charge on any atom is 0.277 e. The van der Waals surface area contributed by atoms with Crippen molar-refractivity contribution in [3.63, 3.8) is 0 Å². The Morgan fingerprint density at radius 2 is 2.04 bits per heavy atom. The van der Waals surface area contributed by atoms with Crippen molar-refractivity contribution in [1.82, 2.24) is 0 Å². The molecule has 3 aromatic rings. The highest BCUT2D eigenvalue weighted by Gasteiger charge is 2.24. The molecule has 7 nitrogen and oxygen atoms in total. The van der Waals surface area contributed by atoms with Crippen LogP contribution in [0.5, 0.6) is 11.5 Å². The van der Waals surface area contributed by atoms with E-state index >= 15 is 0 Å². The monoisotopic (exact) mass is 339 g/mol. The Hall–Kier alpha value is -3.61. The quantitative estimate of drug-likeness (QED) is 0.427. The Kier molecular flexibility index (Phi) is 4.21.